The number of ether oxygens (including phenoxy) is 1. The van der Waals surface area contributed by atoms with Gasteiger partial charge in [-0.2, -0.15) is 0 Å². The fourth-order valence-electron chi connectivity index (χ4n) is 1.75. The van der Waals surface area contributed by atoms with E-state index in [9.17, 15) is 18.0 Å². The van der Waals surface area contributed by atoms with Crippen LogP contribution in [0.15, 0.2) is 48.5 Å². The summed E-state index contributed by atoms with van der Waals surface area (Å²) in [4.78, 5) is 11.4. The van der Waals surface area contributed by atoms with Gasteiger partial charge in [-0.3, -0.25) is 0 Å². The number of benzene rings is 2. The summed E-state index contributed by atoms with van der Waals surface area (Å²) in [5, 5.41) is 2.58. The van der Waals surface area contributed by atoms with E-state index in [1.54, 1.807) is 30.3 Å². The van der Waals surface area contributed by atoms with Crippen LogP contribution in [-0.2, 0) is 9.53 Å². The van der Waals surface area contributed by atoms with Crippen molar-refractivity contribution >= 4 is 17.4 Å². The van der Waals surface area contributed by atoms with Gasteiger partial charge in [0.25, 0.3) is 0 Å². The molecule has 2 aromatic rings. The van der Waals surface area contributed by atoms with Gasteiger partial charge < -0.3 is 10.1 Å². The summed E-state index contributed by atoms with van der Waals surface area (Å²) in [6.45, 7) is 0. The van der Waals surface area contributed by atoms with Gasteiger partial charge in [0.2, 0.25) is 0 Å². The second-order valence-corrected chi connectivity index (χ2v) is 4.30. The lowest BCUT2D eigenvalue weighted by Gasteiger charge is -2.12. The molecule has 0 aliphatic heterocycles. The highest BCUT2D eigenvalue weighted by atomic mass is 19.2. The van der Waals surface area contributed by atoms with Gasteiger partial charge >= 0.3 is 5.97 Å². The van der Waals surface area contributed by atoms with Gasteiger partial charge in [-0.15, -0.1) is 0 Å². The zero-order valence-corrected chi connectivity index (χ0v) is 11.6. The number of nitrogens with one attached hydrogen (secondary N) is 1. The average molecular weight is 307 g/mol. The number of hydrogen-bond acceptors (Lipinski definition) is 3. The molecule has 1 N–H and O–H groups in total. The first kappa shape index (κ1) is 15.6. The van der Waals surface area contributed by atoms with E-state index >= 15 is 0 Å². The number of carbonyl (C=O) groups is 1. The van der Waals surface area contributed by atoms with Crippen molar-refractivity contribution in [3.63, 3.8) is 0 Å². The first-order valence-corrected chi connectivity index (χ1v) is 6.28. The third-order valence-electron chi connectivity index (χ3n) is 2.85. The van der Waals surface area contributed by atoms with Crippen molar-refractivity contribution in [2.45, 2.75) is 0 Å². The Morgan fingerprint density at radius 2 is 1.73 bits per heavy atom. The molecule has 6 heteroatoms. The van der Waals surface area contributed by atoms with E-state index < -0.39 is 23.4 Å². The average Bonchev–Trinajstić information content (AvgIpc) is 2.55. The molecule has 114 valence electrons. The molecular weight excluding hydrogens is 295 g/mol. The summed E-state index contributed by atoms with van der Waals surface area (Å²) in [6.07, 6.45) is 1.09. The van der Waals surface area contributed by atoms with Gasteiger partial charge in [0.1, 0.15) is 0 Å². The molecule has 0 aliphatic carbocycles. The van der Waals surface area contributed by atoms with Crippen LogP contribution in [0.4, 0.5) is 18.9 Å². The molecule has 0 saturated heterocycles. The lowest BCUT2D eigenvalue weighted by molar-refractivity contribution is -0.134. The van der Waals surface area contributed by atoms with Gasteiger partial charge in [-0.25, -0.2) is 18.0 Å². The number of rotatable bonds is 4. The van der Waals surface area contributed by atoms with Gasteiger partial charge in [-0.05, 0) is 17.7 Å². The summed E-state index contributed by atoms with van der Waals surface area (Å²) >= 11 is 0. The van der Waals surface area contributed by atoms with E-state index in [1.807, 2.05) is 0 Å². The zero-order valence-electron chi connectivity index (χ0n) is 11.6. The highest BCUT2D eigenvalue weighted by molar-refractivity contribution is 5.94. The van der Waals surface area contributed by atoms with Crippen LogP contribution in [0.2, 0.25) is 0 Å². The fraction of sp³-hybridized carbons (Fsp3) is 0.0625. The number of hydrogen-bond donors (Lipinski definition) is 1. The van der Waals surface area contributed by atoms with E-state index in [-0.39, 0.29) is 11.4 Å². The summed E-state index contributed by atoms with van der Waals surface area (Å²) in [5.41, 5.74) is 0.451. The Kier molecular flexibility index (Phi) is 4.83. The number of methoxy groups -OCH3 is 1. The van der Waals surface area contributed by atoms with Crippen molar-refractivity contribution in [3.05, 3.63) is 71.6 Å². The summed E-state index contributed by atoms with van der Waals surface area (Å²) in [6, 6.07) is 10.4. The molecule has 0 amide bonds. The molecular formula is C16H12F3NO2. The predicted octanol–water partition coefficient (Wildman–Crippen LogP) is 3.73. The Hall–Kier alpha value is -2.76. The minimum absolute atomic E-state index is 0.192. The van der Waals surface area contributed by atoms with E-state index in [2.05, 4.69) is 10.1 Å². The van der Waals surface area contributed by atoms with Crippen LogP contribution in [0.1, 0.15) is 5.56 Å². The van der Waals surface area contributed by atoms with E-state index in [4.69, 9.17) is 0 Å². The molecule has 0 aromatic heterocycles. The Balaban J connectivity index is 2.42. The minimum atomic E-state index is -1.59. The van der Waals surface area contributed by atoms with E-state index in [0.29, 0.717) is 5.56 Å². The molecule has 0 bridgehead atoms. The van der Waals surface area contributed by atoms with Crippen LogP contribution in [-0.4, -0.2) is 13.1 Å². The Morgan fingerprint density at radius 1 is 1.05 bits per heavy atom. The first-order chi connectivity index (χ1) is 10.5. The molecule has 2 aromatic carbocycles. The molecule has 3 nitrogen and oxygen atoms in total. The maximum Gasteiger partial charge on any atom is 0.332 e. The number of esters is 1. The van der Waals surface area contributed by atoms with Gasteiger partial charge in [0.05, 0.1) is 18.5 Å². The van der Waals surface area contributed by atoms with Crippen LogP contribution in [0, 0.1) is 17.5 Å². The maximum absolute atomic E-state index is 13.7. The molecule has 22 heavy (non-hydrogen) atoms. The lowest BCUT2D eigenvalue weighted by Crippen LogP contribution is -2.06. The second kappa shape index (κ2) is 6.80. The van der Waals surface area contributed by atoms with Crippen molar-refractivity contribution in [3.8, 4) is 0 Å². The Morgan fingerprint density at radius 3 is 2.36 bits per heavy atom. The Labute approximate surface area is 125 Å². The highest BCUT2D eigenvalue weighted by Crippen LogP contribution is 2.24. The topological polar surface area (TPSA) is 38.3 Å². The number of halogens is 3. The second-order valence-electron chi connectivity index (χ2n) is 4.30. The van der Waals surface area contributed by atoms with Crippen LogP contribution in [0.3, 0.4) is 0 Å². The molecule has 2 rings (SSSR count). The van der Waals surface area contributed by atoms with Gasteiger partial charge in [0, 0.05) is 6.08 Å². The Bertz CT molecular complexity index is 715. The molecule has 0 heterocycles. The third kappa shape index (κ3) is 3.46. The van der Waals surface area contributed by atoms with E-state index in [1.165, 1.54) is 7.11 Å². The van der Waals surface area contributed by atoms with E-state index in [0.717, 1.165) is 18.2 Å². The quantitative estimate of drug-likeness (QED) is 0.531. The predicted molar refractivity (Wildman–Crippen MR) is 76.4 cm³/mol. The number of anilines is 1. The SMILES string of the molecule is COC(=O)/C=C(/Nc1ccc(F)c(F)c1F)c1ccccc1. The van der Waals surface area contributed by atoms with Crippen LogP contribution in [0.5, 0.6) is 0 Å². The summed E-state index contributed by atoms with van der Waals surface area (Å²) in [7, 11) is 1.19. The highest BCUT2D eigenvalue weighted by Gasteiger charge is 2.15. The molecule has 0 spiro atoms. The van der Waals surface area contributed by atoms with Crippen LogP contribution < -0.4 is 5.32 Å². The molecule has 0 saturated carbocycles. The maximum atomic E-state index is 13.7. The van der Waals surface area contributed by atoms with Crippen molar-refractivity contribution in [2.24, 2.45) is 0 Å². The largest absolute Gasteiger partial charge is 0.466 e. The van der Waals surface area contributed by atoms with Crippen molar-refractivity contribution in [2.75, 3.05) is 12.4 Å². The third-order valence-corrected chi connectivity index (χ3v) is 2.85. The summed E-state index contributed by atoms with van der Waals surface area (Å²) in [5.74, 6) is -4.92. The summed E-state index contributed by atoms with van der Waals surface area (Å²) < 4.78 is 44.5. The van der Waals surface area contributed by atoms with Crippen LogP contribution in [0.25, 0.3) is 5.70 Å². The van der Waals surface area contributed by atoms with Crippen molar-refractivity contribution in [1.29, 1.82) is 0 Å². The lowest BCUT2D eigenvalue weighted by atomic mass is 10.1. The molecule has 0 aliphatic rings. The molecule has 0 unspecified atom stereocenters. The van der Waals surface area contributed by atoms with Gasteiger partial charge in [-0.1, -0.05) is 30.3 Å². The monoisotopic (exact) mass is 307 g/mol. The molecule has 0 atom stereocenters. The van der Waals surface area contributed by atoms with Crippen molar-refractivity contribution in [1.82, 2.24) is 0 Å². The zero-order chi connectivity index (χ0) is 16.1. The van der Waals surface area contributed by atoms with Gasteiger partial charge in [0.15, 0.2) is 17.5 Å². The minimum Gasteiger partial charge on any atom is -0.466 e. The standard InChI is InChI=1S/C16H12F3NO2/c1-22-14(21)9-13(10-5-3-2-4-6-10)20-12-8-7-11(17)15(18)16(12)19/h2-9,20H,1H3/b13-9+. The number of carbonyl (C=O) groups excluding carboxylic acids is 1. The van der Waals surface area contributed by atoms with Crippen LogP contribution >= 0.6 is 0 Å². The van der Waals surface area contributed by atoms with Crippen molar-refractivity contribution < 1.29 is 22.7 Å². The normalized spacial score (nSPS) is 11.2. The molecule has 0 radical (unpaired) electrons. The smallest absolute Gasteiger partial charge is 0.332 e. The first-order valence-electron chi connectivity index (χ1n) is 6.28. The fourth-order valence-corrected chi connectivity index (χ4v) is 1.75. The molecule has 0 fully saturated rings.